The summed E-state index contributed by atoms with van der Waals surface area (Å²) in [7, 11) is 0. The number of amides is 1. The van der Waals surface area contributed by atoms with Gasteiger partial charge in [-0.05, 0) is 25.5 Å². The molecule has 9 nitrogen and oxygen atoms in total. The van der Waals surface area contributed by atoms with Gasteiger partial charge in [0.2, 0.25) is 11.9 Å². The molecule has 0 fully saturated rings. The number of carbonyl (C=O) groups excluding carboxylic acids is 2. The number of hydrogen-bond acceptors (Lipinski definition) is 9. The summed E-state index contributed by atoms with van der Waals surface area (Å²) in [4.78, 5) is 28.6. The molecule has 0 aliphatic rings. The fourth-order valence-corrected chi connectivity index (χ4v) is 4.66. The first-order valence-electron chi connectivity index (χ1n) is 9.36. The zero-order chi connectivity index (χ0) is 22.4. The van der Waals surface area contributed by atoms with Crippen molar-refractivity contribution >= 4 is 57.7 Å². The normalized spacial score (nSPS) is 11.8. The molecule has 1 unspecified atom stereocenters. The Morgan fingerprint density at radius 1 is 1.35 bits per heavy atom. The molecule has 12 heteroatoms. The Hall–Kier alpha value is -2.63. The lowest BCUT2D eigenvalue weighted by molar-refractivity contribution is -0.142. The van der Waals surface area contributed by atoms with Crippen molar-refractivity contribution in [3.8, 4) is 0 Å². The van der Waals surface area contributed by atoms with E-state index >= 15 is 0 Å². The third-order valence-electron chi connectivity index (χ3n) is 4.18. The molecule has 164 valence electrons. The van der Waals surface area contributed by atoms with Crippen molar-refractivity contribution in [2.45, 2.75) is 37.2 Å². The van der Waals surface area contributed by atoms with Crippen molar-refractivity contribution in [3.63, 3.8) is 0 Å². The van der Waals surface area contributed by atoms with E-state index in [1.165, 1.54) is 23.1 Å². The molecule has 3 aromatic rings. The molecule has 3 N–H and O–H groups in total. The zero-order valence-corrected chi connectivity index (χ0v) is 19.3. The predicted molar refractivity (Wildman–Crippen MR) is 121 cm³/mol. The first-order chi connectivity index (χ1) is 14.9. The lowest BCUT2D eigenvalue weighted by atomic mass is 10.2. The van der Waals surface area contributed by atoms with Gasteiger partial charge < -0.3 is 15.8 Å². The quantitative estimate of drug-likeness (QED) is 0.351. The topological polar surface area (TPSA) is 125 Å². The number of nitrogens with one attached hydrogen (secondary N) is 1. The molecule has 0 saturated carbocycles. The van der Waals surface area contributed by atoms with Gasteiger partial charge in [-0.1, -0.05) is 41.6 Å². The van der Waals surface area contributed by atoms with E-state index in [1.807, 2.05) is 24.3 Å². The summed E-state index contributed by atoms with van der Waals surface area (Å²) in [5.41, 5.74) is 7.44. The lowest BCUT2D eigenvalue weighted by Crippen LogP contribution is -2.25. The lowest BCUT2D eigenvalue weighted by Gasteiger charge is -2.15. The summed E-state index contributed by atoms with van der Waals surface area (Å²) in [6.07, 6.45) is 0.0526. The van der Waals surface area contributed by atoms with Crippen molar-refractivity contribution in [3.05, 3.63) is 45.9 Å². The summed E-state index contributed by atoms with van der Waals surface area (Å²) in [5, 5.41) is 14.0. The van der Waals surface area contributed by atoms with Gasteiger partial charge in [0.05, 0.1) is 18.7 Å². The van der Waals surface area contributed by atoms with Crippen molar-refractivity contribution in [1.29, 1.82) is 0 Å². The number of esters is 1. The number of hydrogen-bond donors (Lipinski definition) is 2. The Morgan fingerprint density at radius 2 is 2.13 bits per heavy atom. The van der Waals surface area contributed by atoms with Gasteiger partial charge in [-0.15, -0.1) is 21.5 Å². The molecule has 2 heterocycles. The van der Waals surface area contributed by atoms with Crippen LogP contribution in [0.25, 0.3) is 0 Å². The van der Waals surface area contributed by atoms with Crippen LogP contribution >= 0.6 is 34.7 Å². The number of nitrogens with two attached hydrogens (primary N) is 1. The van der Waals surface area contributed by atoms with Gasteiger partial charge >= 0.3 is 5.97 Å². The molecule has 1 aromatic carbocycles. The van der Waals surface area contributed by atoms with Gasteiger partial charge in [-0.25, -0.2) is 4.98 Å². The number of ether oxygens (including phenoxy) is 1. The Bertz CT molecular complexity index is 1070. The van der Waals surface area contributed by atoms with Crippen LogP contribution in [0.5, 0.6) is 0 Å². The second kappa shape index (κ2) is 10.6. The summed E-state index contributed by atoms with van der Waals surface area (Å²) in [6.45, 7) is 3.74. The minimum Gasteiger partial charge on any atom is -0.466 e. The van der Waals surface area contributed by atoms with Crippen molar-refractivity contribution in [2.75, 3.05) is 17.7 Å². The van der Waals surface area contributed by atoms with Crippen LogP contribution in [-0.2, 0) is 26.5 Å². The van der Waals surface area contributed by atoms with Crippen LogP contribution in [0, 0.1) is 0 Å². The summed E-state index contributed by atoms with van der Waals surface area (Å²) in [5.74, 6) is -0.0124. The summed E-state index contributed by atoms with van der Waals surface area (Å²) in [6, 6.07) is 6.82. The number of rotatable bonds is 9. The van der Waals surface area contributed by atoms with E-state index in [0.717, 1.165) is 5.56 Å². The van der Waals surface area contributed by atoms with Crippen LogP contribution in [0.1, 0.15) is 31.1 Å². The SMILES string of the molecule is CCOC(=O)Cc1csc(NC(=O)C(C)n2c(N)nnc2SCc2ccccc2Cl)n1. The maximum Gasteiger partial charge on any atom is 0.311 e. The average Bonchev–Trinajstić information content (AvgIpc) is 3.32. The third-order valence-corrected chi connectivity index (χ3v) is 6.35. The number of benzene rings is 1. The van der Waals surface area contributed by atoms with Gasteiger partial charge in [-0.2, -0.15) is 0 Å². The maximum absolute atomic E-state index is 12.8. The van der Waals surface area contributed by atoms with E-state index in [4.69, 9.17) is 22.1 Å². The molecule has 0 spiro atoms. The molecule has 0 saturated heterocycles. The first-order valence-corrected chi connectivity index (χ1v) is 11.6. The Morgan fingerprint density at radius 3 is 2.87 bits per heavy atom. The Balaban J connectivity index is 1.66. The molecular weight excluding hydrogens is 460 g/mol. The van der Waals surface area contributed by atoms with Gasteiger partial charge in [0.1, 0.15) is 6.04 Å². The number of nitrogens with zero attached hydrogens (tertiary/aromatic N) is 4. The average molecular weight is 481 g/mol. The van der Waals surface area contributed by atoms with Crippen molar-refractivity contribution in [2.24, 2.45) is 0 Å². The molecule has 3 rings (SSSR count). The van der Waals surface area contributed by atoms with Gasteiger partial charge in [0, 0.05) is 16.2 Å². The smallest absolute Gasteiger partial charge is 0.311 e. The molecule has 0 bridgehead atoms. The molecule has 0 aliphatic carbocycles. The van der Waals surface area contributed by atoms with Gasteiger partial charge in [0.15, 0.2) is 10.3 Å². The van der Waals surface area contributed by atoms with Crippen molar-refractivity contribution < 1.29 is 14.3 Å². The molecule has 0 aliphatic heterocycles. The van der Waals surface area contributed by atoms with Crippen LogP contribution in [-0.4, -0.2) is 38.2 Å². The number of thiazole rings is 1. The zero-order valence-electron chi connectivity index (χ0n) is 16.9. The molecular formula is C19H21ClN6O3S2. The molecule has 1 atom stereocenters. The number of aromatic nitrogens is 4. The van der Waals surface area contributed by atoms with Gasteiger partial charge in [-0.3, -0.25) is 14.2 Å². The minimum atomic E-state index is -0.679. The van der Waals surface area contributed by atoms with Crippen LogP contribution in [0.3, 0.4) is 0 Å². The highest BCUT2D eigenvalue weighted by Gasteiger charge is 2.23. The van der Waals surface area contributed by atoms with Crippen LogP contribution < -0.4 is 11.1 Å². The first kappa shape index (κ1) is 23.0. The minimum absolute atomic E-state index is 0.0526. The number of anilines is 2. The van der Waals surface area contributed by atoms with Gasteiger partial charge in [0.25, 0.3) is 0 Å². The molecule has 0 radical (unpaired) electrons. The van der Waals surface area contributed by atoms with E-state index in [1.54, 1.807) is 23.8 Å². The van der Waals surface area contributed by atoms with E-state index in [0.29, 0.717) is 33.4 Å². The molecule has 1 amide bonds. The second-order valence-corrected chi connectivity index (χ2v) is 8.59. The maximum atomic E-state index is 12.8. The number of carbonyl (C=O) groups is 2. The van der Waals surface area contributed by atoms with Crippen LogP contribution in [0.2, 0.25) is 5.02 Å². The second-order valence-electron chi connectivity index (χ2n) is 6.38. The van der Waals surface area contributed by atoms with Crippen LogP contribution in [0.4, 0.5) is 11.1 Å². The van der Waals surface area contributed by atoms with Crippen molar-refractivity contribution in [1.82, 2.24) is 19.7 Å². The molecule has 2 aromatic heterocycles. The number of nitrogen functional groups attached to an aromatic ring is 1. The largest absolute Gasteiger partial charge is 0.466 e. The van der Waals surface area contributed by atoms with E-state index in [2.05, 4.69) is 20.5 Å². The Labute approximate surface area is 192 Å². The molecule has 31 heavy (non-hydrogen) atoms. The standard InChI is InChI=1S/C19H21ClN6O3S2/c1-3-29-15(27)8-13-10-30-18(22-13)23-16(28)11(2)26-17(21)24-25-19(26)31-9-12-6-4-5-7-14(12)20/h4-7,10-11H,3,8-9H2,1-2H3,(H2,21,24)(H,22,23,28). The summed E-state index contributed by atoms with van der Waals surface area (Å²) >= 11 is 8.82. The monoisotopic (exact) mass is 480 g/mol. The van der Waals surface area contributed by atoms with E-state index in [-0.39, 0.29) is 24.2 Å². The van der Waals surface area contributed by atoms with E-state index in [9.17, 15) is 9.59 Å². The fraction of sp³-hybridized carbons (Fsp3) is 0.316. The third kappa shape index (κ3) is 5.96. The Kier molecular flexibility index (Phi) is 7.88. The van der Waals surface area contributed by atoms with E-state index < -0.39 is 6.04 Å². The number of thioether (sulfide) groups is 1. The fourth-order valence-electron chi connectivity index (χ4n) is 2.64. The highest BCUT2D eigenvalue weighted by atomic mass is 35.5. The number of halogens is 1. The highest BCUT2D eigenvalue weighted by Crippen LogP contribution is 2.29. The summed E-state index contributed by atoms with van der Waals surface area (Å²) < 4.78 is 6.47. The highest BCUT2D eigenvalue weighted by molar-refractivity contribution is 7.98. The predicted octanol–water partition coefficient (Wildman–Crippen LogP) is 3.57. The van der Waals surface area contributed by atoms with Crippen LogP contribution in [0.15, 0.2) is 34.8 Å².